The smallest absolute Gasteiger partial charge is 0.309 e. The molecule has 0 aromatic carbocycles. The summed E-state index contributed by atoms with van der Waals surface area (Å²) in [7, 11) is -3.38. The minimum atomic E-state index is -3.38. The van der Waals surface area contributed by atoms with Crippen molar-refractivity contribution in [3.05, 3.63) is 0 Å². The topological polar surface area (TPSA) is 83.9 Å². The van der Waals surface area contributed by atoms with Crippen molar-refractivity contribution < 1.29 is 23.1 Å². The highest BCUT2D eigenvalue weighted by atomic mass is 32.2. The molecule has 1 saturated heterocycles. The number of ether oxygens (including phenoxy) is 1. The maximum Gasteiger partial charge on any atom is 0.309 e. The van der Waals surface area contributed by atoms with Crippen LogP contribution in [-0.2, 0) is 19.6 Å². The van der Waals surface area contributed by atoms with Crippen molar-refractivity contribution in [2.75, 3.05) is 25.4 Å². The lowest BCUT2D eigenvalue weighted by molar-refractivity contribution is -0.151. The van der Waals surface area contributed by atoms with Crippen LogP contribution in [0.3, 0.4) is 0 Å². The molecule has 0 aliphatic carbocycles. The number of piperidine rings is 1. The molecule has 1 atom stereocenters. The van der Waals surface area contributed by atoms with Crippen molar-refractivity contribution in [1.82, 2.24) is 4.31 Å². The molecule has 1 aliphatic heterocycles. The third-order valence-electron chi connectivity index (χ3n) is 4.14. The molecule has 0 aromatic rings. The predicted molar refractivity (Wildman–Crippen MR) is 80.6 cm³/mol. The van der Waals surface area contributed by atoms with Crippen molar-refractivity contribution in [3.63, 3.8) is 0 Å². The molecule has 1 N–H and O–H groups in total. The molecule has 0 amide bonds. The third-order valence-corrected chi connectivity index (χ3v) is 5.94. The summed E-state index contributed by atoms with van der Waals surface area (Å²) in [5.74, 6) is -1.09. The molecule has 1 aliphatic rings. The SMILES string of the molecule is CC(C)OCCS(=O)(=O)N1CCCC(C(C)(C)C(=O)O)C1. The summed E-state index contributed by atoms with van der Waals surface area (Å²) in [4.78, 5) is 11.3. The molecule has 0 radical (unpaired) electrons. The van der Waals surface area contributed by atoms with Gasteiger partial charge < -0.3 is 9.84 Å². The molecule has 1 fully saturated rings. The Morgan fingerprint density at radius 2 is 2.05 bits per heavy atom. The fourth-order valence-corrected chi connectivity index (χ4v) is 3.86. The number of nitrogens with zero attached hydrogens (tertiary/aromatic N) is 1. The standard InChI is InChI=1S/C14H27NO5S/c1-11(2)20-8-9-21(18,19)15-7-5-6-12(10-15)14(3,4)13(16)17/h11-12H,5-10H2,1-4H3,(H,16,17). The molecule has 0 spiro atoms. The molecule has 1 unspecified atom stereocenters. The van der Waals surface area contributed by atoms with E-state index in [1.165, 1.54) is 4.31 Å². The summed E-state index contributed by atoms with van der Waals surface area (Å²) in [5.41, 5.74) is -0.914. The molecule has 0 aromatic heterocycles. The van der Waals surface area contributed by atoms with Gasteiger partial charge in [0.15, 0.2) is 0 Å². The van der Waals surface area contributed by atoms with Crippen molar-refractivity contribution >= 4 is 16.0 Å². The predicted octanol–water partition coefficient (Wildman–Crippen LogP) is 1.56. The van der Waals surface area contributed by atoms with Crippen LogP contribution in [0.5, 0.6) is 0 Å². The lowest BCUT2D eigenvalue weighted by Gasteiger charge is -2.38. The first-order chi connectivity index (χ1) is 9.57. The van der Waals surface area contributed by atoms with Gasteiger partial charge in [0.1, 0.15) is 0 Å². The summed E-state index contributed by atoms with van der Waals surface area (Å²) in [6.07, 6.45) is 1.44. The zero-order valence-electron chi connectivity index (χ0n) is 13.3. The largest absolute Gasteiger partial charge is 0.481 e. The van der Waals surface area contributed by atoms with E-state index in [1.807, 2.05) is 13.8 Å². The van der Waals surface area contributed by atoms with E-state index in [4.69, 9.17) is 4.74 Å². The average molecular weight is 321 g/mol. The molecular formula is C14H27NO5S. The second-order valence-electron chi connectivity index (χ2n) is 6.46. The molecule has 6 nitrogen and oxygen atoms in total. The first-order valence-electron chi connectivity index (χ1n) is 7.40. The highest BCUT2D eigenvalue weighted by molar-refractivity contribution is 7.89. The van der Waals surface area contributed by atoms with Crippen LogP contribution in [0, 0.1) is 11.3 Å². The molecule has 124 valence electrons. The maximum atomic E-state index is 12.3. The van der Waals surface area contributed by atoms with E-state index < -0.39 is 21.4 Å². The minimum absolute atomic E-state index is 0.000230. The highest BCUT2D eigenvalue weighted by Crippen LogP contribution is 2.35. The molecule has 0 bridgehead atoms. The summed E-state index contributed by atoms with van der Waals surface area (Å²) in [5, 5.41) is 9.30. The van der Waals surface area contributed by atoms with Gasteiger partial charge in [-0.1, -0.05) is 0 Å². The van der Waals surface area contributed by atoms with Gasteiger partial charge in [-0.2, -0.15) is 0 Å². The second kappa shape index (κ2) is 7.07. The van der Waals surface area contributed by atoms with Crippen LogP contribution in [0.2, 0.25) is 0 Å². The highest BCUT2D eigenvalue weighted by Gasteiger charge is 2.41. The molecule has 21 heavy (non-hydrogen) atoms. The lowest BCUT2D eigenvalue weighted by Crippen LogP contribution is -2.47. The van der Waals surface area contributed by atoms with E-state index in [-0.39, 0.29) is 30.9 Å². The van der Waals surface area contributed by atoms with Gasteiger partial charge in [-0.3, -0.25) is 4.79 Å². The summed E-state index contributed by atoms with van der Waals surface area (Å²) in [6, 6.07) is 0. The van der Waals surface area contributed by atoms with E-state index >= 15 is 0 Å². The van der Waals surface area contributed by atoms with Gasteiger partial charge in [-0.15, -0.1) is 0 Å². The zero-order chi connectivity index (χ0) is 16.3. The van der Waals surface area contributed by atoms with Gasteiger partial charge in [0.25, 0.3) is 0 Å². The van der Waals surface area contributed by atoms with Gasteiger partial charge in [0.2, 0.25) is 10.0 Å². The van der Waals surface area contributed by atoms with E-state index in [0.29, 0.717) is 13.0 Å². The van der Waals surface area contributed by atoms with Crippen LogP contribution < -0.4 is 0 Å². The Kier molecular flexibility index (Phi) is 6.19. The Hall–Kier alpha value is -0.660. The molecule has 1 heterocycles. The fraction of sp³-hybridized carbons (Fsp3) is 0.929. The number of aliphatic carboxylic acids is 1. The van der Waals surface area contributed by atoms with Crippen LogP contribution >= 0.6 is 0 Å². The summed E-state index contributed by atoms with van der Waals surface area (Å²) >= 11 is 0. The van der Waals surface area contributed by atoms with Gasteiger partial charge in [0, 0.05) is 13.1 Å². The number of carboxylic acids is 1. The van der Waals surface area contributed by atoms with Crippen LogP contribution in [0.4, 0.5) is 0 Å². The normalized spacial score (nSPS) is 21.7. The Morgan fingerprint density at radius 3 is 2.57 bits per heavy atom. The number of hydrogen-bond acceptors (Lipinski definition) is 4. The maximum absolute atomic E-state index is 12.3. The number of hydrogen-bond donors (Lipinski definition) is 1. The number of sulfonamides is 1. The average Bonchev–Trinajstić information content (AvgIpc) is 2.38. The molecule has 7 heteroatoms. The molecule has 1 rings (SSSR count). The first-order valence-corrected chi connectivity index (χ1v) is 9.01. The molecular weight excluding hydrogens is 294 g/mol. The van der Waals surface area contributed by atoms with Gasteiger partial charge in [0.05, 0.1) is 23.9 Å². The van der Waals surface area contributed by atoms with Crippen molar-refractivity contribution in [3.8, 4) is 0 Å². The fourth-order valence-electron chi connectivity index (χ4n) is 2.48. The minimum Gasteiger partial charge on any atom is -0.481 e. The number of carboxylic acid groups (broad SMARTS) is 1. The summed E-state index contributed by atoms with van der Waals surface area (Å²) < 4.78 is 31.3. The van der Waals surface area contributed by atoms with Crippen LogP contribution in [0.15, 0.2) is 0 Å². The Morgan fingerprint density at radius 1 is 1.43 bits per heavy atom. The lowest BCUT2D eigenvalue weighted by atomic mass is 9.75. The van der Waals surface area contributed by atoms with Gasteiger partial charge in [-0.05, 0) is 46.5 Å². The zero-order valence-corrected chi connectivity index (χ0v) is 14.1. The number of rotatable bonds is 7. The van der Waals surface area contributed by atoms with Gasteiger partial charge >= 0.3 is 5.97 Å². The van der Waals surface area contributed by atoms with E-state index in [9.17, 15) is 18.3 Å². The van der Waals surface area contributed by atoms with Crippen molar-refractivity contribution in [2.45, 2.75) is 46.6 Å². The quantitative estimate of drug-likeness (QED) is 0.769. The van der Waals surface area contributed by atoms with E-state index in [2.05, 4.69) is 0 Å². The Labute approximate surface area is 127 Å². The van der Waals surface area contributed by atoms with E-state index in [0.717, 1.165) is 6.42 Å². The molecule has 0 saturated carbocycles. The second-order valence-corrected chi connectivity index (χ2v) is 8.55. The van der Waals surface area contributed by atoms with E-state index in [1.54, 1.807) is 13.8 Å². The van der Waals surface area contributed by atoms with Crippen molar-refractivity contribution in [2.24, 2.45) is 11.3 Å². The van der Waals surface area contributed by atoms with Crippen molar-refractivity contribution in [1.29, 1.82) is 0 Å². The Bertz CT molecular complexity index is 458. The van der Waals surface area contributed by atoms with Crippen LogP contribution in [-0.4, -0.2) is 55.4 Å². The Balaban J connectivity index is 2.69. The third kappa shape index (κ3) is 4.93. The van der Waals surface area contributed by atoms with Gasteiger partial charge in [-0.25, -0.2) is 12.7 Å². The first kappa shape index (κ1) is 18.4. The van der Waals surface area contributed by atoms with Crippen LogP contribution in [0.1, 0.15) is 40.5 Å². The number of carbonyl (C=O) groups is 1. The van der Waals surface area contributed by atoms with Crippen LogP contribution in [0.25, 0.3) is 0 Å². The summed E-state index contributed by atoms with van der Waals surface area (Å²) in [6.45, 7) is 7.97. The monoisotopic (exact) mass is 321 g/mol.